The number of benzene rings is 8. The number of hydrogen-bond acceptors (Lipinski definition) is 2. The third-order valence-corrected chi connectivity index (χ3v) is 12.1. The lowest BCUT2D eigenvalue weighted by atomic mass is 10.0. The van der Waals surface area contributed by atoms with Crippen molar-refractivity contribution in [2.24, 2.45) is 0 Å². The topological polar surface area (TPSA) is 23.0 Å². The van der Waals surface area contributed by atoms with Crippen molar-refractivity contribution < 1.29 is 4.42 Å². The van der Waals surface area contributed by atoms with E-state index in [1.165, 1.54) is 47.5 Å². The van der Waals surface area contributed by atoms with Crippen LogP contribution in [0.2, 0.25) is 0 Å². The summed E-state index contributed by atoms with van der Waals surface area (Å²) >= 11 is 1.85. The van der Waals surface area contributed by atoms with Gasteiger partial charge >= 0.3 is 0 Å². The van der Waals surface area contributed by atoms with Gasteiger partial charge in [0.2, 0.25) is 0 Å². The Balaban J connectivity index is 1.24. The second-order valence-electron chi connectivity index (χ2n) is 13.7. The maximum absolute atomic E-state index is 6.95. The summed E-state index contributed by atoms with van der Waals surface area (Å²) in [5.41, 5.74) is 11.1. The second-order valence-corrected chi connectivity index (χ2v) is 14.8. The first-order chi connectivity index (χ1) is 25.8. The second kappa shape index (κ2) is 10.5. The largest absolute Gasteiger partial charge is 0.455 e. The lowest BCUT2D eigenvalue weighted by molar-refractivity contribution is 0.673. The monoisotopic (exact) mass is 680 g/mol. The van der Waals surface area contributed by atoms with Gasteiger partial charge in [-0.15, -0.1) is 11.3 Å². The standard InChI is InChI=1S/C48H28N2OS/c1-2-11-29(12-3-1)30-21-23-34-36-24-25-41-46(48(36)51-43(34)27-30)37-16-10-19-42(50-39-17-7-4-13-32(39)33-14-5-8-18-40(33)50)47(37)49(41)31-22-26-45-38(28-31)35-15-6-9-20-44(35)52-45/h1-28H. The molecule has 0 amide bonds. The zero-order valence-electron chi connectivity index (χ0n) is 27.9. The molecule has 0 bridgehead atoms. The van der Waals surface area contributed by atoms with Crippen LogP contribution in [0.3, 0.4) is 0 Å². The van der Waals surface area contributed by atoms with Gasteiger partial charge in [0.15, 0.2) is 0 Å². The van der Waals surface area contributed by atoms with Crippen LogP contribution in [0.15, 0.2) is 174 Å². The minimum Gasteiger partial charge on any atom is -0.455 e. The van der Waals surface area contributed by atoms with Crippen LogP contribution in [0, 0.1) is 0 Å². The minimum atomic E-state index is 0.898. The van der Waals surface area contributed by atoms with E-state index in [1.807, 2.05) is 11.3 Å². The summed E-state index contributed by atoms with van der Waals surface area (Å²) in [7, 11) is 0. The van der Waals surface area contributed by atoms with E-state index in [9.17, 15) is 0 Å². The number of para-hydroxylation sites is 3. The molecule has 8 aromatic carbocycles. The molecule has 0 N–H and O–H groups in total. The van der Waals surface area contributed by atoms with Crippen LogP contribution in [0.1, 0.15) is 0 Å². The van der Waals surface area contributed by atoms with E-state index in [4.69, 9.17) is 4.42 Å². The smallest absolute Gasteiger partial charge is 0.145 e. The number of fused-ring (bicyclic) bond motifs is 13. The summed E-state index contributed by atoms with van der Waals surface area (Å²) in [4.78, 5) is 0. The summed E-state index contributed by atoms with van der Waals surface area (Å²) in [6, 6.07) is 61.7. The Hall–Kier alpha value is -6.62. The van der Waals surface area contributed by atoms with Crippen LogP contribution in [0.25, 0.3) is 108 Å². The molecule has 4 aromatic heterocycles. The number of hydrogen-bond donors (Lipinski definition) is 0. The Bertz CT molecular complexity index is 3360. The molecule has 0 atom stereocenters. The summed E-state index contributed by atoms with van der Waals surface area (Å²) in [6.07, 6.45) is 0. The van der Waals surface area contributed by atoms with Crippen molar-refractivity contribution in [3.8, 4) is 22.5 Å². The van der Waals surface area contributed by atoms with E-state index >= 15 is 0 Å². The van der Waals surface area contributed by atoms with E-state index in [0.717, 1.165) is 60.7 Å². The Kier molecular flexibility index (Phi) is 5.65. The molecule has 0 radical (unpaired) electrons. The molecule has 0 aliphatic heterocycles. The molecule has 0 aliphatic rings. The van der Waals surface area contributed by atoms with Gasteiger partial charge in [0, 0.05) is 52.8 Å². The molecule has 12 rings (SSSR count). The van der Waals surface area contributed by atoms with Gasteiger partial charge in [0.1, 0.15) is 11.2 Å². The third-order valence-electron chi connectivity index (χ3n) is 10.9. The van der Waals surface area contributed by atoms with Crippen LogP contribution < -0.4 is 0 Å². The van der Waals surface area contributed by atoms with E-state index in [1.54, 1.807) is 0 Å². The lowest BCUT2D eigenvalue weighted by Gasteiger charge is -2.14. The minimum absolute atomic E-state index is 0.898. The molecule has 3 nitrogen and oxygen atoms in total. The maximum Gasteiger partial charge on any atom is 0.145 e. The van der Waals surface area contributed by atoms with Gasteiger partial charge in [-0.3, -0.25) is 0 Å². The number of nitrogens with zero attached hydrogens (tertiary/aromatic N) is 2. The van der Waals surface area contributed by atoms with Crippen LogP contribution in [0.4, 0.5) is 0 Å². The van der Waals surface area contributed by atoms with Crippen molar-refractivity contribution >= 4 is 97.1 Å². The number of furan rings is 1. The zero-order chi connectivity index (χ0) is 33.9. The van der Waals surface area contributed by atoms with Crippen LogP contribution in [-0.2, 0) is 0 Å². The average molecular weight is 681 g/mol. The number of thiophene rings is 1. The van der Waals surface area contributed by atoms with Gasteiger partial charge < -0.3 is 13.6 Å². The molecule has 0 saturated heterocycles. The summed E-state index contributed by atoms with van der Waals surface area (Å²) in [5, 5.41) is 9.61. The third kappa shape index (κ3) is 3.79. The molecule has 4 heteroatoms. The lowest BCUT2D eigenvalue weighted by Crippen LogP contribution is -2.00. The van der Waals surface area contributed by atoms with Crippen molar-refractivity contribution in [2.75, 3.05) is 0 Å². The highest BCUT2D eigenvalue weighted by Gasteiger charge is 2.23. The van der Waals surface area contributed by atoms with Crippen molar-refractivity contribution in [2.45, 2.75) is 0 Å². The highest BCUT2D eigenvalue weighted by atomic mass is 32.1. The Morgan fingerprint density at radius 1 is 0.404 bits per heavy atom. The van der Waals surface area contributed by atoms with Crippen LogP contribution in [0.5, 0.6) is 0 Å². The SMILES string of the molecule is c1ccc(-c2ccc3c(c2)oc2c3ccc3c2c2cccc(-n4c5ccccc5c5ccccc54)c2n3-c2ccc3sc4ccccc4c3c2)cc1. The fourth-order valence-electron chi connectivity index (χ4n) is 8.66. The molecule has 4 heterocycles. The highest BCUT2D eigenvalue weighted by Crippen LogP contribution is 2.45. The van der Waals surface area contributed by atoms with Crippen molar-refractivity contribution in [1.29, 1.82) is 0 Å². The predicted octanol–water partition coefficient (Wildman–Crippen LogP) is 13.8. The van der Waals surface area contributed by atoms with Gasteiger partial charge in [-0.1, -0.05) is 103 Å². The predicted molar refractivity (Wildman–Crippen MR) is 221 cm³/mol. The first kappa shape index (κ1) is 28.1. The molecule has 0 fully saturated rings. The zero-order valence-corrected chi connectivity index (χ0v) is 28.7. The Labute approximate surface area is 301 Å². The molecule has 0 saturated carbocycles. The van der Waals surface area contributed by atoms with Gasteiger partial charge in [-0.2, -0.15) is 0 Å². The number of aromatic nitrogens is 2. The number of rotatable bonds is 3. The van der Waals surface area contributed by atoms with E-state index in [-0.39, 0.29) is 0 Å². The van der Waals surface area contributed by atoms with Crippen molar-refractivity contribution in [3.63, 3.8) is 0 Å². The average Bonchev–Trinajstić information content (AvgIpc) is 3.95. The molecule has 0 unspecified atom stereocenters. The summed E-state index contributed by atoms with van der Waals surface area (Å²) in [6.45, 7) is 0. The van der Waals surface area contributed by atoms with E-state index in [0.29, 0.717) is 0 Å². The van der Waals surface area contributed by atoms with Crippen LogP contribution in [-0.4, -0.2) is 9.13 Å². The van der Waals surface area contributed by atoms with Gasteiger partial charge in [0.05, 0.1) is 33.1 Å². The van der Waals surface area contributed by atoms with Crippen LogP contribution >= 0.6 is 11.3 Å². The highest BCUT2D eigenvalue weighted by molar-refractivity contribution is 7.25. The molecule has 0 aliphatic carbocycles. The summed E-state index contributed by atoms with van der Waals surface area (Å²) < 4.78 is 14.5. The summed E-state index contributed by atoms with van der Waals surface area (Å²) in [5.74, 6) is 0. The van der Waals surface area contributed by atoms with Gasteiger partial charge in [0.25, 0.3) is 0 Å². The fraction of sp³-hybridized carbons (Fsp3) is 0. The molecular weight excluding hydrogens is 653 g/mol. The molecule has 242 valence electrons. The fourth-order valence-corrected chi connectivity index (χ4v) is 9.75. The first-order valence-corrected chi connectivity index (χ1v) is 18.5. The van der Waals surface area contributed by atoms with Gasteiger partial charge in [-0.05, 0) is 77.9 Å². The van der Waals surface area contributed by atoms with E-state index in [2.05, 4.69) is 179 Å². The Morgan fingerprint density at radius 2 is 1.10 bits per heavy atom. The van der Waals surface area contributed by atoms with E-state index < -0.39 is 0 Å². The van der Waals surface area contributed by atoms with Gasteiger partial charge in [-0.25, -0.2) is 0 Å². The molecule has 12 aromatic rings. The molecule has 52 heavy (non-hydrogen) atoms. The van der Waals surface area contributed by atoms with Crippen molar-refractivity contribution in [3.05, 3.63) is 170 Å². The Morgan fingerprint density at radius 3 is 1.92 bits per heavy atom. The normalized spacial score (nSPS) is 12.2. The van der Waals surface area contributed by atoms with Crippen molar-refractivity contribution in [1.82, 2.24) is 9.13 Å². The first-order valence-electron chi connectivity index (χ1n) is 17.7. The molecule has 0 spiro atoms. The maximum atomic E-state index is 6.95. The molecular formula is C48H28N2OS. The quantitative estimate of drug-likeness (QED) is 0.182.